The van der Waals surface area contributed by atoms with Crippen molar-refractivity contribution in [1.29, 1.82) is 0 Å². The maximum atomic E-state index is 13.9. The molecule has 0 aliphatic carbocycles. The largest absolute Gasteiger partial charge is 0.457 e. The van der Waals surface area contributed by atoms with Gasteiger partial charge in [0.2, 0.25) is 0 Å². The lowest BCUT2D eigenvalue weighted by Crippen LogP contribution is -2.67. The zero-order valence-electron chi connectivity index (χ0n) is 51.7. The van der Waals surface area contributed by atoms with Crippen molar-refractivity contribution in [3.8, 4) is 0 Å². The standard InChI is InChI=1S/C61H106O25/c1-8-11-13-14-15-16-19-22-26-30-40(64)81-54-48(72)52(84-61-56(47(71)50(34(5)75-61)80-39(63)10-3)85-57-46(70)44(68)43(67)38(32-62)79-57)35(6)76-59(54)83-51-36(7)77-60-55(49(51)73)82-41(65)31-27-23-20-17-18-21-25-29-37(28-24-12-9-2)78-58-53(86-60)45(69)42(66)33(4)74-58/h33-38,42-62,66-73H,8-32H2,1-7H3/t33-,34+,35+,36+,37?,38-,42-,43-,44+,45+,46-,47-,48-,49-,50+,51+,52+,53-,54-,55-,56-,57+,58+,59+,60+,61+/m1/s1. The molecule has 25 nitrogen and oxygen atoms in total. The molecular formula is C61H106O25. The summed E-state index contributed by atoms with van der Waals surface area (Å²) in [7, 11) is 0. The highest BCUT2D eigenvalue weighted by Crippen LogP contribution is 2.39. The normalized spacial score (nSPS) is 41.6. The quantitative estimate of drug-likeness (QED) is 0.0378. The van der Waals surface area contributed by atoms with E-state index in [2.05, 4.69) is 13.8 Å². The van der Waals surface area contributed by atoms with E-state index in [9.17, 15) is 60.3 Å². The molecule has 9 N–H and O–H groups in total. The van der Waals surface area contributed by atoms with Crippen LogP contribution in [0, 0.1) is 0 Å². The highest BCUT2D eigenvalue weighted by atomic mass is 16.8. The van der Waals surface area contributed by atoms with E-state index in [4.69, 9.17) is 61.6 Å². The third-order valence-electron chi connectivity index (χ3n) is 17.5. The lowest BCUT2D eigenvalue weighted by molar-refractivity contribution is -0.395. The smallest absolute Gasteiger partial charge is 0.306 e. The molecule has 0 radical (unpaired) electrons. The van der Waals surface area contributed by atoms with E-state index in [1.165, 1.54) is 34.1 Å². The molecular weight excluding hydrogens is 1130 g/mol. The third-order valence-corrected chi connectivity index (χ3v) is 17.5. The highest BCUT2D eigenvalue weighted by molar-refractivity contribution is 5.70. The van der Waals surface area contributed by atoms with Gasteiger partial charge in [0.25, 0.3) is 0 Å². The van der Waals surface area contributed by atoms with Crippen LogP contribution in [0.2, 0.25) is 0 Å². The molecule has 0 amide bonds. The summed E-state index contributed by atoms with van der Waals surface area (Å²) in [6.07, 6.45) is -20.3. The summed E-state index contributed by atoms with van der Waals surface area (Å²) in [5, 5.41) is 102. The van der Waals surface area contributed by atoms with Crippen LogP contribution in [-0.2, 0) is 76.0 Å². The number of fused-ring (bicyclic) bond motifs is 2. The van der Waals surface area contributed by atoms with Crippen LogP contribution in [0.4, 0.5) is 0 Å². The Labute approximate surface area is 507 Å². The second-order valence-electron chi connectivity index (χ2n) is 24.5. The van der Waals surface area contributed by atoms with Crippen molar-refractivity contribution in [3.63, 3.8) is 0 Å². The molecule has 6 aliphatic rings. The van der Waals surface area contributed by atoms with Crippen LogP contribution >= 0.6 is 0 Å². The number of aliphatic hydroxyl groups excluding tert-OH is 9. The lowest BCUT2D eigenvalue weighted by Gasteiger charge is -2.50. The van der Waals surface area contributed by atoms with Gasteiger partial charge in [-0.1, -0.05) is 130 Å². The van der Waals surface area contributed by atoms with Crippen LogP contribution in [0.15, 0.2) is 0 Å². The first kappa shape index (κ1) is 72.7. The van der Waals surface area contributed by atoms with Crippen molar-refractivity contribution in [1.82, 2.24) is 0 Å². The van der Waals surface area contributed by atoms with Gasteiger partial charge in [0.05, 0.1) is 37.1 Å². The topological polar surface area (TPSA) is 353 Å². The van der Waals surface area contributed by atoms with Gasteiger partial charge in [-0.3, -0.25) is 14.4 Å². The Morgan fingerprint density at radius 3 is 1.63 bits per heavy atom. The minimum atomic E-state index is -1.95. The van der Waals surface area contributed by atoms with E-state index in [0.717, 1.165) is 116 Å². The molecule has 500 valence electrons. The molecule has 0 spiro atoms. The predicted molar refractivity (Wildman–Crippen MR) is 303 cm³/mol. The van der Waals surface area contributed by atoms with E-state index in [-0.39, 0.29) is 25.4 Å². The molecule has 0 aromatic carbocycles. The fraction of sp³-hybridized carbons (Fsp3) is 0.951. The minimum absolute atomic E-state index is 0.0130. The van der Waals surface area contributed by atoms with Crippen molar-refractivity contribution in [2.75, 3.05) is 6.61 Å². The van der Waals surface area contributed by atoms with Crippen molar-refractivity contribution in [2.24, 2.45) is 0 Å². The van der Waals surface area contributed by atoms with Crippen LogP contribution in [0.1, 0.15) is 203 Å². The summed E-state index contributed by atoms with van der Waals surface area (Å²) < 4.78 is 80.7. The molecule has 1 unspecified atom stereocenters. The monoisotopic (exact) mass is 1240 g/mol. The number of hydrogen-bond acceptors (Lipinski definition) is 25. The van der Waals surface area contributed by atoms with Crippen LogP contribution in [0.25, 0.3) is 0 Å². The molecule has 6 rings (SSSR count). The van der Waals surface area contributed by atoms with Gasteiger partial charge in [0.1, 0.15) is 79.4 Å². The Bertz CT molecular complexity index is 1950. The van der Waals surface area contributed by atoms with Crippen molar-refractivity contribution in [3.05, 3.63) is 0 Å². The molecule has 0 aromatic rings. The van der Waals surface area contributed by atoms with Gasteiger partial charge in [0.15, 0.2) is 49.8 Å². The second kappa shape index (κ2) is 36.6. The minimum Gasteiger partial charge on any atom is -0.457 e. The molecule has 0 aromatic heterocycles. The van der Waals surface area contributed by atoms with Crippen LogP contribution in [0.5, 0.6) is 0 Å². The van der Waals surface area contributed by atoms with E-state index in [1.54, 1.807) is 6.92 Å². The number of hydrogen-bond donors (Lipinski definition) is 9. The van der Waals surface area contributed by atoms with Crippen molar-refractivity contribution < 1.29 is 122 Å². The molecule has 26 atom stereocenters. The summed E-state index contributed by atoms with van der Waals surface area (Å²) in [5.74, 6) is -2.14. The van der Waals surface area contributed by atoms with E-state index in [0.29, 0.717) is 12.8 Å². The Hall–Kier alpha value is -2.35. The Morgan fingerprint density at radius 1 is 0.453 bits per heavy atom. The number of aliphatic hydroxyl groups is 9. The summed E-state index contributed by atoms with van der Waals surface area (Å²) in [6.45, 7) is 11.1. The molecule has 25 heteroatoms. The summed E-state index contributed by atoms with van der Waals surface area (Å²) in [6, 6.07) is 0. The second-order valence-corrected chi connectivity index (χ2v) is 24.5. The fourth-order valence-corrected chi connectivity index (χ4v) is 12.2. The van der Waals surface area contributed by atoms with Crippen LogP contribution in [-0.4, -0.2) is 230 Å². The van der Waals surface area contributed by atoms with Gasteiger partial charge in [-0.05, 0) is 53.4 Å². The Kier molecular flexibility index (Phi) is 31.0. The Balaban J connectivity index is 1.28. The zero-order chi connectivity index (χ0) is 62.6. The first-order chi connectivity index (χ1) is 41.2. The van der Waals surface area contributed by atoms with Crippen LogP contribution < -0.4 is 0 Å². The summed E-state index contributed by atoms with van der Waals surface area (Å²) >= 11 is 0. The zero-order valence-corrected chi connectivity index (χ0v) is 51.7. The number of carbonyl (C=O) groups is 3. The molecule has 0 saturated carbocycles. The number of rotatable bonds is 24. The summed E-state index contributed by atoms with van der Waals surface area (Å²) in [4.78, 5) is 40.3. The van der Waals surface area contributed by atoms with E-state index < -0.39 is 178 Å². The predicted octanol–water partition coefficient (Wildman–Crippen LogP) is 3.67. The molecule has 86 heavy (non-hydrogen) atoms. The van der Waals surface area contributed by atoms with Gasteiger partial charge >= 0.3 is 17.9 Å². The number of esters is 3. The molecule has 0 bridgehead atoms. The molecule has 6 saturated heterocycles. The Morgan fingerprint density at radius 2 is 0.977 bits per heavy atom. The number of unbranched alkanes of at least 4 members (excludes halogenated alkanes) is 10. The first-order valence-electron chi connectivity index (χ1n) is 32.4. The van der Waals surface area contributed by atoms with Gasteiger partial charge in [-0.25, -0.2) is 0 Å². The summed E-state index contributed by atoms with van der Waals surface area (Å²) in [5.41, 5.74) is 0. The SMILES string of the molecule is CCCCCCCCCCCC(=O)O[C@H]1[C@H](O[C@@H]2[C@@H](O)[C@H]3OC(=O)CCCCCCCCCC(CCCCC)O[C@@H]4O[C@H](C)[C@@H](O)[C@H](O)[C@H]4O[C@@H]3O[C@H]2C)O[C@@H](C)[C@H](O[C@@H]2O[C@@H](C)[C@H](OC(=O)CC)[C@@H](O)[C@H]2O[C@@H]2O[C@H](CO)[C@@H](O)[C@H](O)[C@H]2O)[C@H]1O. The fourth-order valence-electron chi connectivity index (χ4n) is 12.2. The van der Waals surface area contributed by atoms with E-state index in [1.807, 2.05) is 0 Å². The molecule has 6 fully saturated rings. The van der Waals surface area contributed by atoms with Gasteiger partial charge < -0.3 is 108 Å². The maximum absolute atomic E-state index is 13.9. The average Bonchev–Trinajstić information content (AvgIpc) is 1.22. The van der Waals surface area contributed by atoms with Crippen molar-refractivity contribution >= 4 is 17.9 Å². The number of carbonyl (C=O) groups excluding carboxylic acids is 3. The van der Waals surface area contributed by atoms with Gasteiger partial charge in [0, 0.05) is 19.3 Å². The van der Waals surface area contributed by atoms with E-state index >= 15 is 0 Å². The highest BCUT2D eigenvalue weighted by Gasteiger charge is 2.58. The van der Waals surface area contributed by atoms with Crippen LogP contribution in [0.3, 0.4) is 0 Å². The first-order valence-corrected chi connectivity index (χ1v) is 32.4. The molecule has 6 aliphatic heterocycles. The van der Waals surface area contributed by atoms with Gasteiger partial charge in [-0.15, -0.1) is 0 Å². The maximum Gasteiger partial charge on any atom is 0.306 e. The number of ether oxygens (including phenoxy) is 13. The average molecular weight is 1240 g/mol. The van der Waals surface area contributed by atoms with Gasteiger partial charge in [-0.2, -0.15) is 0 Å². The third kappa shape index (κ3) is 20.3. The lowest BCUT2D eigenvalue weighted by atomic mass is 9.95. The van der Waals surface area contributed by atoms with Crippen molar-refractivity contribution in [2.45, 2.75) is 362 Å². The molecule has 6 heterocycles.